The van der Waals surface area contributed by atoms with Gasteiger partial charge in [0.1, 0.15) is 72.8 Å². The van der Waals surface area contributed by atoms with Gasteiger partial charge in [0, 0.05) is 32.4 Å². The molecule has 2 amide bonds. The van der Waals surface area contributed by atoms with Crippen LogP contribution in [0.2, 0.25) is 0 Å². The highest BCUT2D eigenvalue weighted by atomic mass is 16.8. The normalized spacial score (nSPS) is 37.6. The first-order chi connectivity index (χ1) is 25.8. The lowest BCUT2D eigenvalue weighted by Crippen LogP contribution is -2.69. The number of amides is 2. The molecule has 55 heavy (non-hydrogen) atoms. The van der Waals surface area contributed by atoms with Crippen LogP contribution in [0.1, 0.15) is 20.3 Å². The average molecular weight is 796 g/mol. The van der Waals surface area contributed by atoms with Gasteiger partial charge < -0.3 is 90.1 Å². The van der Waals surface area contributed by atoms with Crippen LogP contribution in [-0.4, -0.2) is 191 Å². The van der Waals surface area contributed by atoms with E-state index in [1.165, 1.54) is 12.1 Å². The summed E-state index contributed by atoms with van der Waals surface area (Å²) in [5, 5.41) is 121. The van der Waals surface area contributed by atoms with Crippen LogP contribution in [0.15, 0.2) is 24.3 Å². The predicted octanol–water partition coefficient (Wildman–Crippen LogP) is -6.08. The summed E-state index contributed by atoms with van der Waals surface area (Å²) in [6.07, 6.45) is -25.2. The first kappa shape index (κ1) is 44.0. The molecule has 24 heteroatoms. The van der Waals surface area contributed by atoms with E-state index in [0.29, 0.717) is 0 Å². The van der Waals surface area contributed by atoms with Crippen LogP contribution < -0.4 is 15.4 Å². The van der Waals surface area contributed by atoms with Gasteiger partial charge in [-0.05, 0) is 12.1 Å². The lowest BCUT2D eigenvalue weighted by Gasteiger charge is -2.48. The molecule has 3 fully saturated rings. The Morgan fingerprint density at radius 1 is 0.909 bits per heavy atom. The molecule has 0 spiro atoms. The molecule has 3 saturated heterocycles. The second-order valence-electron chi connectivity index (χ2n) is 13.1. The zero-order valence-electron chi connectivity index (χ0n) is 29.2. The van der Waals surface area contributed by atoms with E-state index < -0.39 is 147 Å². The van der Waals surface area contributed by atoms with Gasteiger partial charge in [0.25, 0.3) is 11.5 Å². The lowest BCUT2D eigenvalue weighted by atomic mass is 9.88. The number of carbonyl (C=O) groups excluding carboxylic acids is 2. The molecule has 0 aliphatic carbocycles. The van der Waals surface area contributed by atoms with Crippen LogP contribution in [0, 0.1) is 10.1 Å². The van der Waals surface area contributed by atoms with Crippen molar-refractivity contribution in [1.29, 1.82) is 0 Å². The largest absolute Gasteiger partial charge is 0.477 e. The molecule has 16 atom stereocenters. The van der Waals surface area contributed by atoms with Crippen molar-refractivity contribution in [2.24, 2.45) is 0 Å². The molecule has 0 radical (unpaired) electrons. The highest BCUT2D eigenvalue weighted by Gasteiger charge is 2.57. The summed E-state index contributed by atoms with van der Waals surface area (Å²) in [6, 6.07) is 1.69. The van der Waals surface area contributed by atoms with E-state index in [9.17, 15) is 75.6 Å². The summed E-state index contributed by atoms with van der Waals surface area (Å²) < 4.78 is 33.9. The zero-order valence-corrected chi connectivity index (χ0v) is 29.2. The average Bonchev–Trinajstić information content (AvgIpc) is 3.13. The van der Waals surface area contributed by atoms with Crippen LogP contribution in [-0.2, 0) is 38.1 Å². The van der Waals surface area contributed by atoms with Crippen LogP contribution in [0.5, 0.6) is 5.75 Å². The van der Waals surface area contributed by atoms with E-state index in [1.807, 2.05) is 0 Å². The van der Waals surface area contributed by atoms with Crippen molar-refractivity contribution in [1.82, 2.24) is 10.6 Å². The molecule has 4 rings (SSSR count). The number of benzene rings is 1. The Morgan fingerprint density at radius 2 is 1.51 bits per heavy atom. The molecular weight excluding hydrogens is 750 g/mol. The monoisotopic (exact) mass is 795 g/mol. The van der Waals surface area contributed by atoms with Gasteiger partial charge in [-0.2, -0.15) is 0 Å². The van der Waals surface area contributed by atoms with Gasteiger partial charge in [0.05, 0.1) is 36.9 Å². The van der Waals surface area contributed by atoms with Gasteiger partial charge in [0.15, 0.2) is 6.29 Å². The zero-order chi connectivity index (χ0) is 40.9. The number of nitrogens with zero attached hydrogens (tertiary/aromatic N) is 1. The second-order valence-corrected chi connectivity index (χ2v) is 13.1. The van der Waals surface area contributed by atoms with Gasteiger partial charge in [0.2, 0.25) is 18.1 Å². The Balaban J connectivity index is 1.54. The fourth-order valence-electron chi connectivity index (χ4n) is 6.32. The number of non-ortho nitro benzene ring substituents is 1. The first-order valence-electron chi connectivity index (χ1n) is 16.8. The third-order valence-corrected chi connectivity index (χ3v) is 9.15. The van der Waals surface area contributed by atoms with Gasteiger partial charge in [-0.25, -0.2) is 4.79 Å². The molecule has 3 aliphatic rings. The molecule has 0 bridgehead atoms. The smallest absolute Gasteiger partial charge is 0.364 e. The van der Waals surface area contributed by atoms with E-state index in [4.69, 9.17) is 28.4 Å². The van der Waals surface area contributed by atoms with Crippen molar-refractivity contribution in [2.75, 3.05) is 19.8 Å². The number of nitro groups is 1. The molecule has 0 saturated carbocycles. The van der Waals surface area contributed by atoms with Crippen molar-refractivity contribution >= 4 is 23.5 Å². The maximum absolute atomic E-state index is 12.6. The Labute approximate surface area is 310 Å². The number of ether oxygens (including phenoxy) is 6. The third-order valence-electron chi connectivity index (χ3n) is 9.15. The Bertz CT molecular complexity index is 1490. The van der Waals surface area contributed by atoms with Gasteiger partial charge in [-0.1, -0.05) is 0 Å². The second kappa shape index (κ2) is 18.5. The Hall–Kier alpha value is -3.73. The summed E-state index contributed by atoms with van der Waals surface area (Å²) in [6.45, 7) is -0.786. The summed E-state index contributed by atoms with van der Waals surface area (Å²) in [5.74, 6) is -6.20. The summed E-state index contributed by atoms with van der Waals surface area (Å²) in [7, 11) is 0. The van der Waals surface area contributed by atoms with Gasteiger partial charge in [-0.3, -0.25) is 19.7 Å². The van der Waals surface area contributed by atoms with Crippen LogP contribution in [0.3, 0.4) is 0 Å². The Morgan fingerprint density at radius 3 is 2.05 bits per heavy atom. The van der Waals surface area contributed by atoms with Crippen LogP contribution >= 0.6 is 0 Å². The van der Waals surface area contributed by atoms with Crippen LogP contribution in [0.4, 0.5) is 5.69 Å². The fraction of sp³-hybridized carbons (Fsp3) is 0.710. The van der Waals surface area contributed by atoms with Gasteiger partial charge in [-0.15, -0.1) is 0 Å². The number of nitro benzene ring substituents is 1. The number of nitrogens with one attached hydrogen (secondary N) is 2. The molecule has 24 nitrogen and oxygen atoms in total. The quantitative estimate of drug-likeness (QED) is 0.0580. The molecule has 3 heterocycles. The van der Waals surface area contributed by atoms with Gasteiger partial charge >= 0.3 is 5.97 Å². The molecule has 12 N–H and O–H groups in total. The minimum absolute atomic E-state index is 0.00448. The third kappa shape index (κ3) is 9.99. The molecular formula is C31H45N3O21. The van der Waals surface area contributed by atoms with E-state index in [0.717, 1.165) is 26.0 Å². The van der Waals surface area contributed by atoms with Crippen molar-refractivity contribution < 1.29 is 98.8 Å². The van der Waals surface area contributed by atoms with Crippen molar-refractivity contribution in [2.45, 2.75) is 118 Å². The lowest BCUT2D eigenvalue weighted by molar-refractivity contribution is -0.384. The van der Waals surface area contributed by atoms with Crippen molar-refractivity contribution in [3.05, 3.63) is 34.4 Å². The summed E-state index contributed by atoms with van der Waals surface area (Å²) >= 11 is 0. The predicted molar refractivity (Wildman–Crippen MR) is 173 cm³/mol. The number of hydrogen-bond donors (Lipinski definition) is 12. The molecule has 1 aromatic carbocycles. The number of aliphatic carboxylic acids is 1. The molecule has 0 aromatic heterocycles. The molecule has 3 aliphatic heterocycles. The fourth-order valence-corrected chi connectivity index (χ4v) is 6.32. The standard InChI is InChI=1S/C31H45N3O21/c1-11(37)32-19-15(39)7-31(30(46)47,55-27(19)21(41)16(40)8-35)50-10-18-22(42)24(44)25(45)29(53-18)54-26-17(9-36)52-28(20(23(26)43)33-12(2)38)51-14-5-3-13(4-6-14)34(48)49/h3-6,15-29,35-36,39-45H,7-10H2,1-2H3,(H,32,37)(H,33,38)(H,46,47)/t15?,16-,17?,18?,19?,20?,21-,22?,23?,24?,25?,26?,27?,28?,29?,31?/m1/s1. The van der Waals surface area contributed by atoms with E-state index in [-0.39, 0.29) is 11.4 Å². The number of aliphatic hydroxyl groups excluding tert-OH is 9. The number of hydrogen-bond acceptors (Lipinski definition) is 20. The van der Waals surface area contributed by atoms with Crippen molar-refractivity contribution in [3.63, 3.8) is 0 Å². The topological polar surface area (TPSA) is 376 Å². The molecule has 14 unspecified atom stereocenters. The SMILES string of the molecule is CC(=O)NC1C(Oc2ccc([N+](=O)[O-])cc2)OC(CO)C(OC2OC(COC3(C(=O)O)CC(O)C(NC(C)=O)C([C@H](O)[C@H](O)CO)O3)C(O)C(O)C2O)C1O. The highest BCUT2D eigenvalue weighted by Crippen LogP contribution is 2.36. The number of rotatable bonds is 15. The summed E-state index contributed by atoms with van der Waals surface area (Å²) in [4.78, 5) is 46.8. The minimum Gasteiger partial charge on any atom is -0.477 e. The number of carbonyl (C=O) groups is 3. The van der Waals surface area contributed by atoms with E-state index in [1.54, 1.807) is 0 Å². The number of carboxylic acid groups (broad SMARTS) is 1. The number of aliphatic hydroxyl groups is 9. The molecule has 310 valence electrons. The van der Waals surface area contributed by atoms with Crippen LogP contribution in [0.25, 0.3) is 0 Å². The highest BCUT2D eigenvalue weighted by molar-refractivity contribution is 5.76. The minimum atomic E-state index is -2.88. The maximum atomic E-state index is 12.6. The van der Waals surface area contributed by atoms with E-state index >= 15 is 0 Å². The molecule has 1 aromatic rings. The van der Waals surface area contributed by atoms with E-state index in [2.05, 4.69) is 10.6 Å². The first-order valence-corrected chi connectivity index (χ1v) is 16.8. The van der Waals surface area contributed by atoms with Crippen molar-refractivity contribution in [3.8, 4) is 5.75 Å². The summed E-state index contributed by atoms with van der Waals surface area (Å²) in [5.41, 5.74) is -0.266. The Kier molecular flexibility index (Phi) is 14.8. The number of carboxylic acids is 1. The maximum Gasteiger partial charge on any atom is 0.364 e.